The quantitative estimate of drug-likeness (QED) is 0.581. The van der Waals surface area contributed by atoms with Crippen molar-refractivity contribution in [2.24, 2.45) is 0 Å². The number of hydrogen-bond acceptors (Lipinski definition) is 2. The fraction of sp³-hybridized carbons (Fsp3) is 0.130. The van der Waals surface area contributed by atoms with Crippen LogP contribution in [-0.4, -0.2) is 9.04 Å². The molecule has 1 fully saturated rings. The van der Waals surface area contributed by atoms with Crippen LogP contribution in [0.25, 0.3) is 0 Å². The summed E-state index contributed by atoms with van der Waals surface area (Å²) in [6, 6.07) is 31.3. The van der Waals surface area contributed by atoms with Crippen molar-refractivity contribution >= 4 is 14.2 Å². The van der Waals surface area contributed by atoms with Gasteiger partial charge in [-0.15, -0.1) is 0 Å². The number of benzene rings is 3. The predicted molar refractivity (Wildman–Crippen MR) is 110 cm³/mol. The van der Waals surface area contributed by atoms with Gasteiger partial charge in [0.15, 0.2) is 0 Å². The zero-order valence-corrected chi connectivity index (χ0v) is 16.0. The molecular formula is C23H24O2Si. The van der Waals surface area contributed by atoms with Gasteiger partial charge in [-0.05, 0) is 41.9 Å². The van der Waals surface area contributed by atoms with Gasteiger partial charge in [0.2, 0.25) is 0 Å². The number of para-hydroxylation sites is 2. The molecule has 0 N–H and O–H groups in total. The molecule has 0 radical (unpaired) electrons. The first-order valence-corrected chi connectivity index (χ1v) is 10.8. The zero-order chi connectivity index (χ0) is 18.0. The lowest BCUT2D eigenvalue weighted by Crippen LogP contribution is -2.35. The lowest BCUT2D eigenvalue weighted by atomic mass is 10.3. The normalized spacial score (nSPS) is 16.0. The fourth-order valence-electron chi connectivity index (χ4n) is 2.82. The topological polar surface area (TPSA) is 18.5 Å². The van der Waals surface area contributed by atoms with Crippen molar-refractivity contribution in [1.29, 1.82) is 0 Å². The molecule has 132 valence electrons. The Balaban J connectivity index is 0.000000151. The Morgan fingerprint density at radius 2 is 1.23 bits per heavy atom. The van der Waals surface area contributed by atoms with Gasteiger partial charge < -0.3 is 9.16 Å². The van der Waals surface area contributed by atoms with Gasteiger partial charge in [-0.1, -0.05) is 73.3 Å². The van der Waals surface area contributed by atoms with E-state index in [1.54, 1.807) is 0 Å². The van der Waals surface area contributed by atoms with E-state index in [4.69, 9.17) is 9.16 Å². The van der Waals surface area contributed by atoms with Crippen molar-refractivity contribution in [2.45, 2.75) is 18.9 Å². The summed E-state index contributed by atoms with van der Waals surface area (Å²) in [5, 5.41) is 1.41. The Morgan fingerprint density at radius 3 is 1.73 bits per heavy atom. The molecule has 0 aromatic heterocycles. The molecule has 3 aromatic rings. The summed E-state index contributed by atoms with van der Waals surface area (Å²) < 4.78 is 11.4. The summed E-state index contributed by atoms with van der Waals surface area (Å²) in [5.41, 5.74) is 0. The molecule has 1 atom stereocenters. The second kappa shape index (κ2) is 9.64. The largest absolute Gasteiger partial charge is 0.546 e. The van der Waals surface area contributed by atoms with E-state index in [1.165, 1.54) is 17.7 Å². The second-order valence-electron chi connectivity index (χ2n) is 6.18. The van der Waals surface area contributed by atoms with Crippen LogP contribution in [0.5, 0.6) is 11.5 Å². The van der Waals surface area contributed by atoms with E-state index in [1.807, 2.05) is 60.7 Å². The van der Waals surface area contributed by atoms with E-state index in [2.05, 4.69) is 36.9 Å². The highest BCUT2D eigenvalue weighted by molar-refractivity contribution is 6.67. The number of ether oxygens (including phenoxy) is 1. The minimum absolute atomic E-state index is 0.869. The molecule has 0 saturated carbocycles. The summed E-state index contributed by atoms with van der Waals surface area (Å²) >= 11 is 0. The van der Waals surface area contributed by atoms with Crippen LogP contribution >= 0.6 is 0 Å². The maximum atomic E-state index is 5.82. The molecule has 1 aliphatic rings. The van der Waals surface area contributed by atoms with Crippen LogP contribution in [0.1, 0.15) is 12.8 Å². The van der Waals surface area contributed by atoms with Crippen LogP contribution in [0.2, 0.25) is 6.04 Å². The molecule has 0 aliphatic carbocycles. The van der Waals surface area contributed by atoms with E-state index in [-0.39, 0.29) is 0 Å². The van der Waals surface area contributed by atoms with Crippen LogP contribution < -0.4 is 9.92 Å². The molecule has 0 amide bonds. The van der Waals surface area contributed by atoms with Crippen molar-refractivity contribution in [3.05, 3.63) is 103 Å². The monoisotopic (exact) mass is 360 g/mol. The van der Waals surface area contributed by atoms with Gasteiger partial charge in [0.05, 0.1) is 5.76 Å². The third-order valence-corrected chi connectivity index (χ3v) is 6.80. The average Bonchev–Trinajstić information content (AvgIpc) is 2.71. The summed E-state index contributed by atoms with van der Waals surface area (Å²) in [6.07, 6.45) is 2.31. The minimum atomic E-state index is -1.14. The second-order valence-corrected chi connectivity index (χ2v) is 8.63. The first-order chi connectivity index (χ1) is 12.8. The molecule has 3 heteroatoms. The maximum Gasteiger partial charge on any atom is 0.266 e. The van der Waals surface area contributed by atoms with Gasteiger partial charge in [0.1, 0.15) is 11.5 Å². The Hall–Kier alpha value is -2.78. The van der Waals surface area contributed by atoms with Crippen molar-refractivity contribution in [2.75, 3.05) is 0 Å². The Labute approximate surface area is 157 Å². The van der Waals surface area contributed by atoms with E-state index >= 15 is 0 Å². The van der Waals surface area contributed by atoms with Gasteiger partial charge >= 0.3 is 0 Å². The SMILES string of the molecule is C=C1CCC[SiH](c2ccccc2)O1.c1ccc(Oc2ccccc2)cc1. The Bertz CT molecular complexity index is 751. The first kappa shape index (κ1) is 18.0. The first-order valence-electron chi connectivity index (χ1n) is 8.98. The van der Waals surface area contributed by atoms with Gasteiger partial charge in [0, 0.05) is 6.42 Å². The molecule has 1 unspecified atom stereocenters. The molecule has 0 spiro atoms. The van der Waals surface area contributed by atoms with E-state index in [0.717, 1.165) is 23.7 Å². The molecular weight excluding hydrogens is 336 g/mol. The van der Waals surface area contributed by atoms with Gasteiger partial charge in [0.25, 0.3) is 9.04 Å². The molecule has 0 bridgehead atoms. The van der Waals surface area contributed by atoms with Crippen molar-refractivity contribution < 1.29 is 9.16 Å². The highest BCUT2D eigenvalue weighted by Gasteiger charge is 2.20. The van der Waals surface area contributed by atoms with E-state index in [0.29, 0.717) is 0 Å². The Kier molecular flexibility index (Phi) is 6.68. The smallest absolute Gasteiger partial charge is 0.266 e. The van der Waals surface area contributed by atoms with Crippen LogP contribution in [-0.2, 0) is 4.43 Å². The third kappa shape index (κ3) is 5.64. The van der Waals surface area contributed by atoms with Crippen molar-refractivity contribution in [3.8, 4) is 11.5 Å². The highest BCUT2D eigenvalue weighted by Crippen LogP contribution is 2.20. The molecule has 26 heavy (non-hydrogen) atoms. The van der Waals surface area contributed by atoms with Gasteiger partial charge in [-0.25, -0.2) is 0 Å². The number of allylic oxidation sites excluding steroid dienone is 1. The van der Waals surface area contributed by atoms with Gasteiger partial charge in [-0.3, -0.25) is 0 Å². The number of hydrogen-bond donors (Lipinski definition) is 0. The third-order valence-electron chi connectivity index (χ3n) is 4.12. The molecule has 1 saturated heterocycles. The minimum Gasteiger partial charge on any atom is -0.546 e. The Morgan fingerprint density at radius 1 is 0.731 bits per heavy atom. The molecule has 2 nitrogen and oxygen atoms in total. The predicted octanol–water partition coefficient (Wildman–Crippen LogP) is 5.42. The van der Waals surface area contributed by atoms with E-state index in [9.17, 15) is 0 Å². The van der Waals surface area contributed by atoms with Crippen LogP contribution in [0, 0.1) is 0 Å². The lowest BCUT2D eigenvalue weighted by Gasteiger charge is -2.24. The van der Waals surface area contributed by atoms with Crippen LogP contribution in [0.4, 0.5) is 0 Å². The van der Waals surface area contributed by atoms with E-state index < -0.39 is 9.04 Å². The van der Waals surface area contributed by atoms with Crippen molar-refractivity contribution in [1.82, 2.24) is 0 Å². The summed E-state index contributed by atoms with van der Waals surface area (Å²) in [5.74, 6) is 2.73. The summed E-state index contributed by atoms with van der Waals surface area (Å²) in [4.78, 5) is 0. The fourth-order valence-corrected chi connectivity index (χ4v) is 5.15. The average molecular weight is 361 g/mol. The lowest BCUT2D eigenvalue weighted by molar-refractivity contribution is 0.392. The van der Waals surface area contributed by atoms with Gasteiger partial charge in [-0.2, -0.15) is 0 Å². The van der Waals surface area contributed by atoms with Crippen molar-refractivity contribution in [3.63, 3.8) is 0 Å². The zero-order valence-electron chi connectivity index (χ0n) is 14.9. The summed E-state index contributed by atoms with van der Waals surface area (Å²) in [7, 11) is -1.14. The number of rotatable bonds is 3. The maximum absolute atomic E-state index is 5.82. The highest BCUT2D eigenvalue weighted by atomic mass is 28.3. The molecule has 1 heterocycles. The van der Waals surface area contributed by atoms with Crippen LogP contribution in [0.15, 0.2) is 103 Å². The van der Waals surface area contributed by atoms with Crippen LogP contribution in [0.3, 0.4) is 0 Å². The standard InChI is InChI=1S/C12H10O.C11H14OSi/c1-3-7-11(8-4-1)13-12-9-5-2-6-10-12;1-10-6-5-9-13(12-10)11-7-3-2-4-8-11/h1-10H;2-4,7-8,13H,1,5-6,9H2. The molecule has 3 aromatic carbocycles. The summed E-state index contributed by atoms with van der Waals surface area (Å²) in [6.45, 7) is 3.90. The molecule has 4 rings (SSSR count). The molecule has 1 aliphatic heterocycles.